The number of carbonyl (C=O) groups excluding carboxylic acids is 1. The molecule has 1 N–H and O–H groups in total. The number of rotatable bonds is 5. The maximum absolute atomic E-state index is 13.0. The molecule has 2 heterocycles. The molecule has 7 heteroatoms. The molecule has 1 saturated heterocycles. The predicted molar refractivity (Wildman–Crippen MR) is 112 cm³/mol. The van der Waals surface area contributed by atoms with Gasteiger partial charge in [-0.25, -0.2) is 4.39 Å². The molecule has 0 spiro atoms. The van der Waals surface area contributed by atoms with Crippen molar-refractivity contribution in [2.75, 3.05) is 36.4 Å². The lowest BCUT2D eigenvalue weighted by Crippen LogP contribution is -2.45. The Hall–Kier alpha value is -2.83. The highest BCUT2D eigenvalue weighted by Crippen LogP contribution is 2.22. The Morgan fingerprint density at radius 1 is 1.03 bits per heavy atom. The molecule has 3 aromatic rings. The number of benzene rings is 2. The summed E-state index contributed by atoms with van der Waals surface area (Å²) in [5.41, 5.74) is 1.65. The van der Waals surface area contributed by atoms with Crippen molar-refractivity contribution in [3.63, 3.8) is 0 Å². The fourth-order valence-corrected chi connectivity index (χ4v) is 3.55. The molecule has 0 unspecified atom stereocenters. The number of hydrogen-bond donors (Lipinski definition) is 1. The standard InChI is InChI=1S/C22H21ClFN3O2/c23-16-2-1-3-19(14-16)27-12-10-26(11-13-27)15-20-8-9-21(29-20)22(28)25-18-6-4-17(24)5-7-18/h1-9,14H,10-13,15H2,(H,25,28). The van der Waals surface area contributed by atoms with Gasteiger partial charge >= 0.3 is 0 Å². The number of nitrogens with one attached hydrogen (secondary N) is 1. The van der Waals surface area contributed by atoms with E-state index in [-0.39, 0.29) is 17.5 Å². The van der Waals surface area contributed by atoms with Gasteiger partial charge in [0.25, 0.3) is 5.91 Å². The number of piperazine rings is 1. The molecule has 4 rings (SSSR count). The third kappa shape index (κ3) is 4.96. The van der Waals surface area contributed by atoms with Gasteiger partial charge < -0.3 is 14.6 Å². The van der Waals surface area contributed by atoms with Crippen LogP contribution in [0.2, 0.25) is 5.02 Å². The van der Waals surface area contributed by atoms with E-state index < -0.39 is 0 Å². The first kappa shape index (κ1) is 19.5. The zero-order valence-electron chi connectivity index (χ0n) is 15.8. The van der Waals surface area contributed by atoms with Crippen LogP contribution in [0, 0.1) is 5.82 Å². The summed E-state index contributed by atoms with van der Waals surface area (Å²) < 4.78 is 18.7. The first-order valence-corrected chi connectivity index (χ1v) is 9.83. The topological polar surface area (TPSA) is 48.7 Å². The normalized spacial score (nSPS) is 14.8. The molecule has 1 aromatic heterocycles. The van der Waals surface area contributed by atoms with E-state index in [0.29, 0.717) is 12.2 Å². The highest BCUT2D eigenvalue weighted by molar-refractivity contribution is 6.30. The fraction of sp³-hybridized carbons (Fsp3) is 0.227. The van der Waals surface area contributed by atoms with Crippen LogP contribution in [0.15, 0.2) is 65.1 Å². The van der Waals surface area contributed by atoms with E-state index in [1.165, 1.54) is 24.3 Å². The first-order valence-electron chi connectivity index (χ1n) is 9.45. The van der Waals surface area contributed by atoms with E-state index in [1.807, 2.05) is 24.3 Å². The van der Waals surface area contributed by atoms with Crippen molar-refractivity contribution in [1.29, 1.82) is 0 Å². The minimum Gasteiger partial charge on any atom is -0.455 e. The van der Waals surface area contributed by atoms with Gasteiger partial charge in [-0.05, 0) is 54.6 Å². The summed E-state index contributed by atoms with van der Waals surface area (Å²) in [6.07, 6.45) is 0. The fourth-order valence-electron chi connectivity index (χ4n) is 3.37. The number of furan rings is 1. The quantitative estimate of drug-likeness (QED) is 0.661. The highest BCUT2D eigenvalue weighted by Gasteiger charge is 2.19. The molecule has 1 aliphatic heterocycles. The molecule has 5 nitrogen and oxygen atoms in total. The Kier molecular flexibility index (Phi) is 5.83. The third-order valence-electron chi connectivity index (χ3n) is 4.91. The molecule has 29 heavy (non-hydrogen) atoms. The van der Waals surface area contributed by atoms with Gasteiger partial charge in [-0.3, -0.25) is 9.69 Å². The van der Waals surface area contributed by atoms with E-state index in [0.717, 1.165) is 42.6 Å². The third-order valence-corrected chi connectivity index (χ3v) is 5.15. The Bertz CT molecular complexity index is 982. The van der Waals surface area contributed by atoms with Crippen LogP contribution in [0.4, 0.5) is 15.8 Å². The molecular weight excluding hydrogens is 393 g/mol. The van der Waals surface area contributed by atoms with Crippen LogP contribution in [0.5, 0.6) is 0 Å². The number of anilines is 2. The summed E-state index contributed by atoms with van der Waals surface area (Å²) in [5.74, 6) is 0.278. The molecule has 1 aliphatic rings. The molecule has 1 fully saturated rings. The second-order valence-electron chi connectivity index (χ2n) is 6.97. The van der Waals surface area contributed by atoms with Crippen LogP contribution >= 0.6 is 11.6 Å². The minimum absolute atomic E-state index is 0.238. The van der Waals surface area contributed by atoms with Crippen molar-refractivity contribution in [2.45, 2.75) is 6.54 Å². The summed E-state index contributed by atoms with van der Waals surface area (Å²) in [5, 5.41) is 3.44. The van der Waals surface area contributed by atoms with Gasteiger partial charge in [0.2, 0.25) is 0 Å². The molecule has 150 valence electrons. The zero-order chi connectivity index (χ0) is 20.2. The SMILES string of the molecule is O=C(Nc1ccc(F)cc1)c1ccc(CN2CCN(c3cccc(Cl)c3)CC2)o1. The summed E-state index contributed by atoms with van der Waals surface area (Å²) in [6, 6.07) is 17.0. The van der Waals surface area contributed by atoms with Crippen molar-refractivity contribution < 1.29 is 13.6 Å². The van der Waals surface area contributed by atoms with Gasteiger partial charge in [-0.15, -0.1) is 0 Å². The molecule has 2 aromatic carbocycles. The molecular formula is C22H21ClFN3O2. The highest BCUT2D eigenvalue weighted by atomic mass is 35.5. The Labute approximate surface area is 173 Å². The second-order valence-corrected chi connectivity index (χ2v) is 7.41. The monoisotopic (exact) mass is 413 g/mol. The lowest BCUT2D eigenvalue weighted by atomic mass is 10.2. The number of amides is 1. The van der Waals surface area contributed by atoms with Crippen LogP contribution in [0.1, 0.15) is 16.3 Å². The van der Waals surface area contributed by atoms with Gasteiger partial charge in [0.05, 0.1) is 6.54 Å². The lowest BCUT2D eigenvalue weighted by Gasteiger charge is -2.35. The molecule has 0 aliphatic carbocycles. The summed E-state index contributed by atoms with van der Waals surface area (Å²) in [6.45, 7) is 4.24. The van der Waals surface area contributed by atoms with Crippen LogP contribution in [-0.2, 0) is 6.54 Å². The number of nitrogens with zero attached hydrogens (tertiary/aromatic N) is 2. The molecule has 0 atom stereocenters. The summed E-state index contributed by atoms with van der Waals surface area (Å²) in [4.78, 5) is 16.9. The Morgan fingerprint density at radius 3 is 2.52 bits per heavy atom. The van der Waals surface area contributed by atoms with Crippen LogP contribution in [-0.4, -0.2) is 37.0 Å². The number of carbonyl (C=O) groups is 1. The van der Waals surface area contributed by atoms with Gasteiger partial charge in [0.15, 0.2) is 5.76 Å². The van der Waals surface area contributed by atoms with Crippen molar-refractivity contribution in [2.24, 2.45) is 0 Å². The number of halogens is 2. The number of hydrogen-bond acceptors (Lipinski definition) is 4. The van der Waals surface area contributed by atoms with Crippen LogP contribution in [0.25, 0.3) is 0 Å². The summed E-state index contributed by atoms with van der Waals surface area (Å²) >= 11 is 6.09. The van der Waals surface area contributed by atoms with Gasteiger partial charge in [0.1, 0.15) is 11.6 Å². The zero-order valence-corrected chi connectivity index (χ0v) is 16.5. The molecule has 0 saturated carbocycles. The van der Waals surface area contributed by atoms with E-state index in [4.69, 9.17) is 16.0 Å². The van der Waals surface area contributed by atoms with Gasteiger partial charge in [-0.2, -0.15) is 0 Å². The molecule has 1 amide bonds. The minimum atomic E-state index is -0.353. The average Bonchev–Trinajstić information content (AvgIpc) is 3.19. The van der Waals surface area contributed by atoms with E-state index in [2.05, 4.69) is 21.2 Å². The van der Waals surface area contributed by atoms with Gasteiger partial charge in [-0.1, -0.05) is 17.7 Å². The van der Waals surface area contributed by atoms with Crippen molar-refractivity contribution in [1.82, 2.24) is 4.90 Å². The molecule has 0 radical (unpaired) electrons. The van der Waals surface area contributed by atoms with E-state index in [1.54, 1.807) is 6.07 Å². The first-order chi connectivity index (χ1) is 14.1. The Morgan fingerprint density at radius 2 is 1.79 bits per heavy atom. The second kappa shape index (κ2) is 8.68. The van der Waals surface area contributed by atoms with Crippen LogP contribution < -0.4 is 10.2 Å². The maximum Gasteiger partial charge on any atom is 0.291 e. The van der Waals surface area contributed by atoms with Crippen LogP contribution in [0.3, 0.4) is 0 Å². The van der Waals surface area contributed by atoms with E-state index in [9.17, 15) is 9.18 Å². The van der Waals surface area contributed by atoms with Crippen molar-refractivity contribution >= 4 is 28.9 Å². The van der Waals surface area contributed by atoms with Gasteiger partial charge in [0, 0.05) is 42.6 Å². The molecule has 0 bridgehead atoms. The van der Waals surface area contributed by atoms with Crippen molar-refractivity contribution in [3.8, 4) is 0 Å². The largest absolute Gasteiger partial charge is 0.455 e. The Balaban J connectivity index is 1.30. The van der Waals surface area contributed by atoms with E-state index >= 15 is 0 Å². The average molecular weight is 414 g/mol. The summed E-state index contributed by atoms with van der Waals surface area (Å²) in [7, 11) is 0. The lowest BCUT2D eigenvalue weighted by molar-refractivity contribution is 0.0992. The predicted octanol–water partition coefficient (Wildman–Crippen LogP) is 4.65. The van der Waals surface area contributed by atoms with Crippen molar-refractivity contribution in [3.05, 3.63) is 83.0 Å². The maximum atomic E-state index is 13.0. The smallest absolute Gasteiger partial charge is 0.291 e.